The first-order valence-electron chi connectivity index (χ1n) is 7.35. The third-order valence-corrected chi connectivity index (χ3v) is 3.60. The lowest BCUT2D eigenvalue weighted by molar-refractivity contribution is -0.118. The Bertz CT molecular complexity index is 762. The van der Waals surface area contributed by atoms with Crippen molar-refractivity contribution in [1.29, 1.82) is 0 Å². The average Bonchev–Trinajstić information content (AvgIpc) is 2.59. The fourth-order valence-electron chi connectivity index (χ4n) is 2.18. The van der Waals surface area contributed by atoms with Gasteiger partial charge in [0.15, 0.2) is 6.61 Å². The monoisotopic (exact) mass is 346 g/mol. The van der Waals surface area contributed by atoms with Gasteiger partial charge in [0, 0.05) is 10.6 Å². The van der Waals surface area contributed by atoms with Gasteiger partial charge in [-0.15, -0.1) is 0 Å². The maximum atomic E-state index is 12.1. The summed E-state index contributed by atoms with van der Waals surface area (Å²) in [6.07, 6.45) is 0. The lowest BCUT2D eigenvalue weighted by atomic mass is 10.1. The second kappa shape index (κ2) is 7.23. The smallest absolute Gasteiger partial charge is 0.262 e. The summed E-state index contributed by atoms with van der Waals surface area (Å²) in [4.78, 5) is 23.3. The van der Waals surface area contributed by atoms with Gasteiger partial charge >= 0.3 is 0 Å². The van der Waals surface area contributed by atoms with E-state index in [9.17, 15) is 9.59 Å². The number of ether oxygens (including phenoxy) is 2. The molecule has 0 unspecified atom stereocenters. The van der Waals surface area contributed by atoms with Crippen LogP contribution in [0.3, 0.4) is 0 Å². The van der Waals surface area contributed by atoms with E-state index in [1.165, 1.54) is 0 Å². The number of anilines is 1. The molecule has 124 valence electrons. The van der Waals surface area contributed by atoms with Crippen LogP contribution < -0.4 is 20.1 Å². The Morgan fingerprint density at radius 1 is 1.25 bits per heavy atom. The van der Waals surface area contributed by atoms with E-state index in [0.29, 0.717) is 40.9 Å². The maximum absolute atomic E-state index is 12.1. The third kappa shape index (κ3) is 3.97. The van der Waals surface area contributed by atoms with Crippen molar-refractivity contribution >= 4 is 29.1 Å². The first-order valence-corrected chi connectivity index (χ1v) is 7.73. The highest BCUT2D eigenvalue weighted by Gasteiger charge is 2.17. The van der Waals surface area contributed by atoms with Gasteiger partial charge in [-0.25, -0.2) is 0 Å². The number of halogens is 1. The molecule has 1 aliphatic heterocycles. The number of rotatable bonds is 5. The molecule has 0 bridgehead atoms. The van der Waals surface area contributed by atoms with Crippen LogP contribution in [-0.2, 0) is 4.79 Å². The Labute approximate surface area is 143 Å². The van der Waals surface area contributed by atoms with Gasteiger partial charge in [0.2, 0.25) is 0 Å². The Balaban J connectivity index is 1.50. The van der Waals surface area contributed by atoms with E-state index < -0.39 is 0 Å². The second-order valence-electron chi connectivity index (χ2n) is 5.11. The summed E-state index contributed by atoms with van der Waals surface area (Å²) in [5, 5.41) is 6.08. The molecule has 0 radical (unpaired) electrons. The Hall–Kier alpha value is -2.73. The van der Waals surface area contributed by atoms with Gasteiger partial charge in [0.25, 0.3) is 11.8 Å². The Morgan fingerprint density at radius 3 is 2.83 bits per heavy atom. The second-order valence-corrected chi connectivity index (χ2v) is 5.54. The summed E-state index contributed by atoms with van der Waals surface area (Å²) in [7, 11) is 0. The number of nitrogens with one attached hydrogen (secondary N) is 2. The number of hydrogen-bond acceptors (Lipinski definition) is 4. The van der Waals surface area contributed by atoms with Gasteiger partial charge in [-0.1, -0.05) is 11.6 Å². The van der Waals surface area contributed by atoms with E-state index in [2.05, 4.69) is 10.6 Å². The van der Waals surface area contributed by atoms with Crippen molar-refractivity contribution in [2.24, 2.45) is 0 Å². The largest absolute Gasteiger partial charge is 0.492 e. The van der Waals surface area contributed by atoms with Crippen molar-refractivity contribution in [3.8, 4) is 11.5 Å². The summed E-state index contributed by atoms with van der Waals surface area (Å²) in [6, 6.07) is 11.9. The molecule has 7 heteroatoms. The number of amides is 2. The molecule has 0 saturated carbocycles. The van der Waals surface area contributed by atoms with E-state index in [0.717, 1.165) is 0 Å². The number of benzene rings is 2. The summed E-state index contributed by atoms with van der Waals surface area (Å²) < 4.78 is 10.8. The molecule has 24 heavy (non-hydrogen) atoms. The SMILES string of the molecule is O=C1COc2cc(C(=O)NCCOc3ccc(Cl)cc3)ccc2N1. The first-order chi connectivity index (χ1) is 11.6. The Kier molecular flexibility index (Phi) is 4.86. The average molecular weight is 347 g/mol. The first kappa shape index (κ1) is 16.1. The quantitative estimate of drug-likeness (QED) is 0.815. The van der Waals surface area contributed by atoms with Crippen molar-refractivity contribution in [3.63, 3.8) is 0 Å². The molecule has 0 saturated heterocycles. The van der Waals surface area contributed by atoms with Crippen molar-refractivity contribution in [3.05, 3.63) is 53.1 Å². The predicted molar refractivity (Wildman–Crippen MR) is 89.8 cm³/mol. The zero-order valence-corrected chi connectivity index (χ0v) is 13.4. The summed E-state index contributed by atoms with van der Waals surface area (Å²) >= 11 is 5.79. The van der Waals surface area contributed by atoms with E-state index >= 15 is 0 Å². The van der Waals surface area contributed by atoms with Gasteiger partial charge in [0.05, 0.1) is 12.2 Å². The molecule has 0 atom stereocenters. The van der Waals surface area contributed by atoms with Crippen molar-refractivity contribution in [2.75, 3.05) is 25.1 Å². The third-order valence-electron chi connectivity index (χ3n) is 3.35. The standard InChI is InChI=1S/C17H15ClN2O4/c18-12-2-4-13(5-3-12)23-8-7-19-17(22)11-1-6-14-15(9-11)24-10-16(21)20-14/h1-6,9H,7-8,10H2,(H,19,22)(H,20,21). The van der Waals surface area contributed by atoms with Crippen LogP contribution in [0.25, 0.3) is 0 Å². The molecular weight excluding hydrogens is 332 g/mol. The van der Waals surface area contributed by atoms with Crippen LogP contribution in [0.4, 0.5) is 5.69 Å². The molecule has 2 amide bonds. The van der Waals surface area contributed by atoms with Gasteiger partial charge < -0.3 is 20.1 Å². The molecular formula is C17H15ClN2O4. The molecule has 0 fully saturated rings. The van der Waals surface area contributed by atoms with Crippen LogP contribution in [-0.4, -0.2) is 31.6 Å². The lowest BCUT2D eigenvalue weighted by Gasteiger charge is -2.18. The zero-order chi connectivity index (χ0) is 16.9. The molecule has 0 spiro atoms. The van der Waals surface area contributed by atoms with Crippen molar-refractivity contribution in [2.45, 2.75) is 0 Å². The predicted octanol–water partition coefficient (Wildman–Crippen LogP) is 2.48. The normalized spacial score (nSPS) is 12.6. The zero-order valence-electron chi connectivity index (χ0n) is 12.7. The van der Waals surface area contributed by atoms with Gasteiger partial charge in [-0.3, -0.25) is 9.59 Å². The highest BCUT2D eigenvalue weighted by molar-refractivity contribution is 6.30. The molecule has 6 nitrogen and oxygen atoms in total. The van der Waals surface area contributed by atoms with Crippen LogP contribution in [0.15, 0.2) is 42.5 Å². The fraction of sp³-hybridized carbons (Fsp3) is 0.176. The molecule has 0 aliphatic carbocycles. The van der Waals surface area contributed by atoms with Crippen LogP contribution >= 0.6 is 11.6 Å². The van der Waals surface area contributed by atoms with Crippen LogP contribution in [0.5, 0.6) is 11.5 Å². The summed E-state index contributed by atoms with van der Waals surface area (Å²) in [5.41, 5.74) is 1.02. The number of carbonyl (C=O) groups excluding carboxylic acids is 2. The molecule has 1 aliphatic rings. The number of carbonyl (C=O) groups is 2. The minimum absolute atomic E-state index is 0.0486. The van der Waals surface area contributed by atoms with Crippen molar-refractivity contribution in [1.82, 2.24) is 5.32 Å². The molecule has 1 heterocycles. The highest BCUT2D eigenvalue weighted by atomic mass is 35.5. The number of hydrogen-bond donors (Lipinski definition) is 2. The fourth-order valence-corrected chi connectivity index (χ4v) is 2.31. The van der Waals surface area contributed by atoms with E-state index in [4.69, 9.17) is 21.1 Å². The van der Waals surface area contributed by atoms with Crippen LogP contribution in [0, 0.1) is 0 Å². The molecule has 0 aromatic heterocycles. The van der Waals surface area contributed by atoms with E-state index in [1.54, 1.807) is 42.5 Å². The summed E-state index contributed by atoms with van der Waals surface area (Å²) in [5.74, 6) is 0.725. The van der Waals surface area contributed by atoms with Crippen molar-refractivity contribution < 1.29 is 19.1 Å². The van der Waals surface area contributed by atoms with E-state index in [1.807, 2.05) is 0 Å². The lowest BCUT2D eigenvalue weighted by Crippen LogP contribution is -2.29. The topological polar surface area (TPSA) is 76.7 Å². The molecule has 2 aromatic carbocycles. The minimum atomic E-state index is -0.238. The maximum Gasteiger partial charge on any atom is 0.262 e. The van der Waals surface area contributed by atoms with Crippen LogP contribution in [0.1, 0.15) is 10.4 Å². The highest BCUT2D eigenvalue weighted by Crippen LogP contribution is 2.28. The van der Waals surface area contributed by atoms with E-state index in [-0.39, 0.29) is 18.4 Å². The van der Waals surface area contributed by atoms with Gasteiger partial charge in [0.1, 0.15) is 18.1 Å². The molecule has 2 aromatic rings. The van der Waals surface area contributed by atoms with Crippen LogP contribution in [0.2, 0.25) is 5.02 Å². The summed E-state index contributed by atoms with van der Waals surface area (Å²) in [6.45, 7) is 0.647. The Morgan fingerprint density at radius 2 is 2.04 bits per heavy atom. The number of fused-ring (bicyclic) bond motifs is 1. The molecule has 2 N–H and O–H groups in total. The van der Waals surface area contributed by atoms with Gasteiger partial charge in [-0.05, 0) is 42.5 Å². The molecule has 3 rings (SSSR count). The minimum Gasteiger partial charge on any atom is -0.492 e. The van der Waals surface area contributed by atoms with Gasteiger partial charge in [-0.2, -0.15) is 0 Å².